The summed E-state index contributed by atoms with van der Waals surface area (Å²) in [7, 11) is 0. The minimum absolute atomic E-state index is 0.476. The van der Waals surface area contributed by atoms with Crippen LogP contribution in [-0.2, 0) is 4.79 Å². The lowest BCUT2D eigenvalue weighted by Gasteiger charge is -2.11. The number of aliphatic hydroxyl groups excluding tert-OH is 1. The first kappa shape index (κ1) is 11.7. The molecule has 0 saturated heterocycles. The Labute approximate surface area is 75.9 Å². The van der Waals surface area contributed by atoms with Crippen molar-refractivity contribution in [1.29, 1.82) is 0 Å². The van der Waals surface area contributed by atoms with Gasteiger partial charge in [-0.3, -0.25) is 0 Å². The molecule has 0 aromatic carbocycles. The zero-order chi connectivity index (χ0) is 10.3. The molecule has 6 nitrogen and oxygen atoms in total. The summed E-state index contributed by atoms with van der Waals surface area (Å²) in [6.45, 7) is 1.74. The molecular formula is C7H14N2O4. The fraction of sp³-hybridized carbons (Fsp3) is 0.714. The van der Waals surface area contributed by atoms with Gasteiger partial charge in [0.25, 0.3) is 0 Å². The molecule has 1 atom stereocenters. The highest BCUT2D eigenvalue weighted by Gasteiger charge is 2.17. The summed E-state index contributed by atoms with van der Waals surface area (Å²) in [5.41, 5.74) is 0. The number of carboxylic acid groups (broad SMARTS) is 1. The summed E-state index contributed by atoms with van der Waals surface area (Å²) in [5, 5.41) is 21.5. The number of nitrogens with one attached hydrogen (secondary N) is 2. The molecule has 0 unspecified atom stereocenters. The second-order valence-electron chi connectivity index (χ2n) is 2.47. The smallest absolute Gasteiger partial charge is 0.328 e. The minimum Gasteiger partial charge on any atom is -0.480 e. The van der Waals surface area contributed by atoms with E-state index < -0.39 is 24.6 Å². The second-order valence-corrected chi connectivity index (χ2v) is 2.47. The van der Waals surface area contributed by atoms with Crippen molar-refractivity contribution in [3.05, 3.63) is 0 Å². The fourth-order valence-electron chi connectivity index (χ4n) is 0.633. The van der Waals surface area contributed by atoms with Crippen LogP contribution in [0.3, 0.4) is 0 Å². The summed E-state index contributed by atoms with van der Waals surface area (Å²) < 4.78 is 0. The van der Waals surface area contributed by atoms with Gasteiger partial charge in [0, 0.05) is 6.54 Å². The number of carbonyl (C=O) groups excluding carboxylic acids is 1. The van der Waals surface area contributed by atoms with Crippen molar-refractivity contribution in [1.82, 2.24) is 10.6 Å². The molecule has 0 aliphatic heterocycles. The minimum atomic E-state index is -1.26. The molecule has 0 radical (unpaired) electrons. The normalized spacial score (nSPS) is 11.8. The maximum atomic E-state index is 10.9. The van der Waals surface area contributed by atoms with E-state index in [1.165, 1.54) is 0 Å². The molecule has 2 amide bonds. The van der Waals surface area contributed by atoms with E-state index in [4.69, 9.17) is 10.2 Å². The molecular weight excluding hydrogens is 176 g/mol. The Hall–Kier alpha value is -1.30. The Kier molecular flexibility index (Phi) is 5.62. The topological polar surface area (TPSA) is 98.7 Å². The van der Waals surface area contributed by atoms with Crippen LogP contribution in [0.2, 0.25) is 0 Å². The molecule has 6 heteroatoms. The molecule has 0 rings (SSSR count). The first-order chi connectivity index (χ1) is 6.11. The Morgan fingerprint density at radius 2 is 2.08 bits per heavy atom. The number of amides is 2. The summed E-state index contributed by atoms with van der Waals surface area (Å²) in [6, 6.07) is -1.82. The first-order valence-corrected chi connectivity index (χ1v) is 3.99. The van der Waals surface area contributed by atoms with E-state index in [1.54, 1.807) is 0 Å². The fourth-order valence-corrected chi connectivity index (χ4v) is 0.633. The van der Waals surface area contributed by atoms with Gasteiger partial charge in [0.1, 0.15) is 0 Å². The third-order valence-electron chi connectivity index (χ3n) is 1.32. The van der Waals surface area contributed by atoms with Gasteiger partial charge in [0.05, 0.1) is 6.61 Å². The van der Waals surface area contributed by atoms with Crippen LogP contribution < -0.4 is 10.6 Å². The van der Waals surface area contributed by atoms with Crippen LogP contribution in [0.25, 0.3) is 0 Å². The highest BCUT2D eigenvalue weighted by Crippen LogP contribution is 1.82. The summed E-state index contributed by atoms with van der Waals surface area (Å²) >= 11 is 0. The highest BCUT2D eigenvalue weighted by molar-refractivity contribution is 5.82. The van der Waals surface area contributed by atoms with E-state index >= 15 is 0 Å². The van der Waals surface area contributed by atoms with Gasteiger partial charge in [0.15, 0.2) is 6.04 Å². The van der Waals surface area contributed by atoms with Gasteiger partial charge in [0.2, 0.25) is 0 Å². The number of hydrogen-bond donors (Lipinski definition) is 4. The molecule has 0 aromatic heterocycles. The van der Waals surface area contributed by atoms with Gasteiger partial charge in [-0.05, 0) is 6.42 Å². The van der Waals surface area contributed by atoms with E-state index in [-0.39, 0.29) is 0 Å². The van der Waals surface area contributed by atoms with Crippen molar-refractivity contribution in [2.75, 3.05) is 13.2 Å². The predicted octanol–water partition coefficient (Wildman–Crippen LogP) is -0.859. The largest absolute Gasteiger partial charge is 0.480 e. The van der Waals surface area contributed by atoms with Crippen LogP contribution in [0.15, 0.2) is 0 Å². The molecule has 0 fully saturated rings. The van der Waals surface area contributed by atoms with Crippen LogP contribution in [0, 0.1) is 0 Å². The third-order valence-corrected chi connectivity index (χ3v) is 1.32. The van der Waals surface area contributed by atoms with Crippen molar-refractivity contribution in [3.8, 4) is 0 Å². The van der Waals surface area contributed by atoms with Gasteiger partial charge in [-0.15, -0.1) is 0 Å². The maximum absolute atomic E-state index is 10.9. The molecule has 0 aromatic rings. The van der Waals surface area contributed by atoms with Crippen LogP contribution in [0.5, 0.6) is 0 Å². The average Bonchev–Trinajstić information content (AvgIpc) is 2.10. The van der Waals surface area contributed by atoms with Crippen molar-refractivity contribution >= 4 is 12.0 Å². The van der Waals surface area contributed by atoms with Gasteiger partial charge in [-0.25, -0.2) is 9.59 Å². The number of aliphatic carboxylic acids is 1. The zero-order valence-corrected chi connectivity index (χ0v) is 7.41. The number of carbonyl (C=O) groups is 2. The summed E-state index contributed by atoms with van der Waals surface area (Å²) in [4.78, 5) is 21.2. The summed E-state index contributed by atoms with van der Waals surface area (Å²) in [5.74, 6) is -1.26. The van der Waals surface area contributed by atoms with Crippen molar-refractivity contribution in [3.63, 3.8) is 0 Å². The lowest BCUT2D eigenvalue weighted by atomic mass is 10.3. The molecule has 0 aliphatic rings. The van der Waals surface area contributed by atoms with Crippen molar-refractivity contribution < 1.29 is 19.8 Å². The molecule has 0 heterocycles. The Morgan fingerprint density at radius 3 is 2.46 bits per heavy atom. The molecule has 0 saturated carbocycles. The highest BCUT2D eigenvalue weighted by atomic mass is 16.4. The predicted molar refractivity (Wildman–Crippen MR) is 45.3 cm³/mol. The quantitative estimate of drug-likeness (QED) is 0.453. The number of hydrogen-bond acceptors (Lipinski definition) is 3. The molecule has 0 bridgehead atoms. The van der Waals surface area contributed by atoms with E-state index in [0.29, 0.717) is 6.54 Å². The van der Waals surface area contributed by atoms with Crippen LogP contribution >= 0.6 is 0 Å². The lowest BCUT2D eigenvalue weighted by Crippen LogP contribution is -2.48. The number of urea groups is 1. The SMILES string of the molecule is CCCNC(=O)N[C@@H](CO)C(=O)O. The van der Waals surface area contributed by atoms with Gasteiger partial charge in [-0.2, -0.15) is 0 Å². The second kappa shape index (κ2) is 6.24. The number of aliphatic hydroxyl groups is 1. The third kappa shape index (κ3) is 5.02. The van der Waals surface area contributed by atoms with E-state index in [9.17, 15) is 9.59 Å². The van der Waals surface area contributed by atoms with Gasteiger partial charge < -0.3 is 20.8 Å². The van der Waals surface area contributed by atoms with Gasteiger partial charge in [-0.1, -0.05) is 6.92 Å². The maximum Gasteiger partial charge on any atom is 0.328 e. The Bertz CT molecular complexity index is 183. The number of carboxylic acids is 1. The molecule has 4 N–H and O–H groups in total. The zero-order valence-electron chi connectivity index (χ0n) is 7.41. The Balaban J connectivity index is 3.80. The molecule has 0 aliphatic carbocycles. The monoisotopic (exact) mass is 190 g/mol. The van der Waals surface area contributed by atoms with Crippen molar-refractivity contribution in [2.45, 2.75) is 19.4 Å². The average molecular weight is 190 g/mol. The number of rotatable bonds is 5. The van der Waals surface area contributed by atoms with E-state index in [0.717, 1.165) is 6.42 Å². The Morgan fingerprint density at radius 1 is 1.46 bits per heavy atom. The summed E-state index contributed by atoms with van der Waals surface area (Å²) in [6.07, 6.45) is 0.768. The van der Waals surface area contributed by atoms with Crippen LogP contribution in [0.1, 0.15) is 13.3 Å². The first-order valence-electron chi connectivity index (χ1n) is 3.99. The van der Waals surface area contributed by atoms with Crippen molar-refractivity contribution in [2.24, 2.45) is 0 Å². The van der Waals surface area contributed by atoms with Crippen LogP contribution in [0.4, 0.5) is 4.79 Å². The standard InChI is InChI=1S/C7H14N2O4/c1-2-3-8-7(13)9-5(4-10)6(11)12/h5,10H,2-4H2,1H3,(H,11,12)(H2,8,9,13)/t5-/m0/s1. The molecule has 13 heavy (non-hydrogen) atoms. The lowest BCUT2D eigenvalue weighted by molar-refractivity contribution is -0.140. The van der Waals surface area contributed by atoms with E-state index in [2.05, 4.69) is 10.6 Å². The van der Waals surface area contributed by atoms with Crippen LogP contribution in [-0.4, -0.2) is 41.4 Å². The molecule has 76 valence electrons. The van der Waals surface area contributed by atoms with E-state index in [1.807, 2.05) is 6.92 Å². The molecule has 0 spiro atoms. The van der Waals surface area contributed by atoms with Gasteiger partial charge >= 0.3 is 12.0 Å².